The van der Waals surface area contributed by atoms with Crippen LogP contribution in [-0.2, 0) is 4.74 Å². The zero-order valence-electron chi connectivity index (χ0n) is 16.3. The van der Waals surface area contributed by atoms with E-state index in [4.69, 9.17) is 4.74 Å². The maximum Gasteiger partial charge on any atom is 0.339 e. The molecule has 0 aliphatic carbocycles. The van der Waals surface area contributed by atoms with Crippen molar-refractivity contribution >= 4 is 28.6 Å². The third-order valence-corrected chi connectivity index (χ3v) is 5.07. The standard InChI is InChI=1S/C21H23N5O3/c1-2-29-21(28)16-7-8-18(22-13-16)25-9-4-10-26(12-11-25)20(27)17-6-3-5-15-14-23-24-19(15)17/h3,5-8,13-14H,2,4,9-12H2,1H3,(H,23,24). The zero-order chi connectivity index (χ0) is 20.2. The first kappa shape index (κ1) is 18.9. The molecule has 29 heavy (non-hydrogen) atoms. The number of nitrogens with one attached hydrogen (secondary N) is 1. The van der Waals surface area contributed by atoms with Crippen LogP contribution < -0.4 is 4.90 Å². The molecule has 1 N–H and O–H groups in total. The van der Waals surface area contributed by atoms with Crippen LogP contribution in [-0.4, -0.2) is 64.7 Å². The summed E-state index contributed by atoms with van der Waals surface area (Å²) in [5.74, 6) is 0.433. The minimum absolute atomic E-state index is 0.00678. The molecule has 1 fully saturated rings. The number of pyridine rings is 1. The highest BCUT2D eigenvalue weighted by molar-refractivity contribution is 6.05. The topological polar surface area (TPSA) is 91.4 Å². The van der Waals surface area contributed by atoms with Crippen molar-refractivity contribution in [3.8, 4) is 0 Å². The molecule has 8 heteroatoms. The number of hydrogen-bond acceptors (Lipinski definition) is 6. The number of rotatable bonds is 4. The summed E-state index contributed by atoms with van der Waals surface area (Å²) in [6.07, 6.45) is 4.11. The molecule has 0 spiro atoms. The van der Waals surface area contributed by atoms with E-state index in [0.717, 1.165) is 29.7 Å². The Hall–Kier alpha value is -3.42. The van der Waals surface area contributed by atoms with E-state index < -0.39 is 0 Å². The smallest absolute Gasteiger partial charge is 0.339 e. The molecule has 3 heterocycles. The summed E-state index contributed by atoms with van der Waals surface area (Å²) in [6.45, 7) is 4.87. The highest BCUT2D eigenvalue weighted by Gasteiger charge is 2.23. The number of benzene rings is 1. The molecule has 1 amide bonds. The predicted molar refractivity (Wildman–Crippen MR) is 109 cm³/mol. The zero-order valence-corrected chi connectivity index (χ0v) is 16.3. The van der Waals surface area contributed by atoms with Crippen molar-refractivity contribution in [1.29, 1.82) is 0 Å². The normalized spacial score (nSPS) is 14.7. The molecule has 1 aromatic carbocycles. The van der Waals surface area contributed by atoms with E-state index in [1.165, 1.54) is 0 Å². The van der Waals surface area contributed by atoms with E-state index in [1.54, 1.807) is 25.4 Å². The van der Waals surface area contributed by atoms with Crippen molar-refractivity contribution in [2.45, 2.75) is 13.3 Å². The van der Waals surface area contributed by atoms with Crippen molar-refractivity contribution in [2.75, 3.05) is 37.7 Å². The molecule has 0 unspecified atom stereocenters. The molecule has 0 saturated carbocycles. The van der Waals surface area contributed by atoms with E-state index >= 15 is 0 Å². The average Bonchev–Trinajstić information content (AvgIpc) is 3.10. The Morgan fingerprint density at radius 3 is 2.79 bits per heavy atom. The van der Waals surface area contributed by atoms with Gasteiger partial charge in [-0.3, -0.25) is 9.89 Å². The number of esters is 1. The van der Waals surface area contributed by atoms with Crippen LogP contribution in [0, 0.1) is 0 Å². The highest BCUT2D eigenvalue weighted by Crippen LogP contribution is 2.20. The van der Waals surface area contributed by atoms with Crippen molar-refractivity contribution in [1.82, 2.24) is 20.1 Å². The fourth-order valence-corrected chi connectivity index (χ4v) is 3.58. The van der Waals surface area contributed by atoms with Gasteiger partial charge in [-0.1, -0.05) is 12.1 Å². The van der Waals surface area contributed by atoms with Crippen LogP contribution in [0.2, 0.25) is 0 Å². The number of carbonyl (C=O) groups excluding carboxylic acids is 2. The number of H-pyrrole nitrogens is 1. The third-order valence-electron chi connectivity index (χ3n) is 5.07. The van der Waals surface area contributed by atoms with Gasteiger partial charge in [0.2, 0.25) is 0 Å². The van der Waals surface area contributed by atoms with Gasteiger partial charge < -0.3 is 14.5 Å². The summed E-state index contributed by atoms with van der Waals surface area (Å²) in [5.41, 5.74) is 1.86. The first-order valence-electron chi connectivity index (χ1n) is 9.77. The lowest BCUT2D eigenvalue weighted by molar-refractivity contribution is 0.0525. The van der Waals surface area contributed by atoms with Crippen LogP contribution in [0.5, 0.6) is 0 Å². The molecule has 0 atom stereocenters. The number of fused-ring (bicyclic) bond motifs is 1. The summed E-state index contributed by atoms with van der Waals surface area (Å²) in [4.78, 5) is 33.3. The SMILES string of the molecule is CCOC(=O)c1ccc(N2CCCN(C(=O)c3cccc4cn[nH]c34)CC2)nc1. The predicted octanol–water partition coefficient (Wildman–Crippen LogP) is 2.49. The molecule has 2 aromatic heterocycles. The quantitative estimate of drug-likeness (QED) is 0.685. The minimum atomic E-state index is -0.368. The summed E-state index contributed by atoms with van der Waals surface area (Å²) in [7, 11) is 0. The Morgan fingerprint density at radius 2 is 2.00 bits per heavy atom. The van der Waals surface area contributed by atoms with Crippen LogP contribution in [0.15, 0.2) is 42.7 Å². The average molecular weight is 393 g/mol. The first-order valence-corrected chi connectivity index (χ1v) is 9.77. The summed E-state index contributed by atoms with van der Waals surface area (Å²) < 4.78 is 5.00. The maximum absolute atomic E-state index is 13.1. The fourth-order valence-electron chi connectivity index (χ4n) is 3.58. The molecule has 0 bridgehead atoms. The van der Waals surface area contributed by atoms with Gasteiger partial charge in [0.1, 0.15) is 5.82 Å². The Kier molecular flexibility index (Phi) is 5.41. The Labute approximate surface area is 168 Å². The van der Waals surface area contributed by atoms with Crippen molar-refractivity contribution < 1.29 is 14.3 Å². The van der Waals surface area contributed by atoms with Crippen molar-refractivity contribution in [3.63, 3.8) is 0 Å². The Bertz CT molecular complexity index is 1010. The van der Waals surface area contributed by atoms with E-state index in [-0.39, 0.29) is 11.9 Å². The van der Waals surface area contributed by atoms with E-state index in [0.29, 0.717) is 37.4 Å². The van der Waals surface area contributed by atoms with Crippen LogP contribution in [0.1, 0.15) is 34.1 Å². The molecule has 8 nitrogen and oxygen atoms in total. The monoisotopic (exact) mass is 393 g/mol. The number of anilines is 1. The Morgan fingerprint density at radius 1 is 1.10 bits per heavy atom. The second-order valence-electron chi connectivity index (χ2n) is 6.90. The molecule has 1 aliphatic heterocycles. The molecule has 1 aliphatic rings. The number of nitrogens with zero attached hydrogens (tertiary/aromatic N) is 4. The van der Waals surface area contributed by atoms with Gasteiger partial charge in [-0.2, -0.15) is 5.10 Å². The van der Waals surface area contributed by atoms with Gasteiger partial charge in [-0.05, 0) is 31.5 Å². The van der Waals surface area contributed by atoms with Gasteiger partial charge in [-0.25, -0.2) is 9.78 Å². The van der Waals surface area contributed by atoms with Crippen molar-refractivity contribution in [3.05, 3.63) is 53.9 Å². The minimum Gasteiger partial charge on any atom is -0.462 e. The summed E-state index contributed by atoms with van der Waals surface area (Å²) >= 11 is 0. The van der Waals surface area contributed by atoms with E-state index in [2.05, 4.69) is 20.1 Å². The van der Waals surface area contributed by atoms with Crippen molar-refractivity contribution in [2.24, 2.45) is 0 Å². The number of ether oxygens (including phenoxy) is 1. The lowest BCUT2D eigenvalue weighted by atomic mass is 10.1. The fraction of sp³-hybridized carbons (Fsp3) is 0.333. The maximum atomic E-state index is 13.1. The van der Waals surface area contributed by atoms with Crippen LogP contribution in [0.3, 0.4) is 0 Å². The number of para-hydroxylation sites is 1. The summed E-state index contributed by atoms with van der Waals surface area (Å²) in [5, 5.41) is 7.90. The van der Waals surface area contributed by atoms with Crippen LogP contribution >= 0.6 is 0 Å². The Balaban J connectivity index is 1.45. The lowest BCUT2D eigenvalue weighted by Crippen LogP contribution is -2.35. The highest BCUT2D eigenvalue weighted by atomic mass is 16.5. The summed E-state index contributed by atoms with van der Waals surface area (Å²) in [6, 6.07) is 9.21. The van der Waals surface area contributed by atoms with Gasteiger partial charge in [0.05, 0.1) is 29.4 Å². The largest absolute Gasteiger partial charge is 0.462 e. The van der Waals surface area contributed by atoms with E-state index in [1.807, 2.05) is 29.2 Å². The third kappa shape index (κ3) is 3.91. The number of aromatic nitrogens is 3. The van der Waals surface area contributed by atoms with E-state index in [9.17, 15) is 9.59 Å². The lowest BCUT2D eigenvalue weighted by Gasteiger charge is -2.23. The second kappa shape index (κ2) is 8.30. The molecule has 0 radical (unpaired) electrons. The van der Waals surface area contributed by atoms with Gasteiger partial charge in [0.15, 0.2) is 0 Å². The van der Waals surface area contributed by atoms with Gasteiger partial charge >= 0.3 is 5.97 Å². The molecule has 150 valence electrons. The molecule has 4 rings (SSSR count). The van der Waals surface area contributed by atoms with Crippen LogP contribution in [0.25, 0.3) is 10.9 Å². The van der Waals surface area contributed by atoms with Crippen LogP contribution in [0.4, 0.5) is 5.82 Å². The van der Waals surface area contributed by atoms with Gasteiger partial charge in [0, 0.05) is 37.8 Å². The number of hydrogen-bond donors (Lipinski definition) is 1. The molecule has 1 saturated heterocycles. The molecular weight excluding hydrogens is 370 g/mol. The van der Waals surface area contributed by atoms with Gasteiger partial charge in [0.25, 0.3) is 5.91 Å². The molecular formula is C21H23N5O3. The van der Waals surface area contributed by atoms with Gasteiger partial charge in [-0.15, -0.1) is 0 Å². The first-order chi connectivity index (χ1) is 14.2. The number of amides is 1. The molecule has 3 aromatic rings. The number of aromatic amines is 1. The second-order valence-corrected chi connectivity index (χ2v) is 6.90. The number of carbonyl (C=O) groups is 2.